The van der Waals surface area contributed by atoms with Crippen LogP contribution in [0.25, 0.3) is 0 Å². The van der Waals surface area contributed by atoms with E-state index in [-0.39, 0.29) is 6.03 Å². The molecular weight excluding hydrogens is 387 g/mol. The van der Waals surface area contributed by atoms with Gasteiger partial charge in [0.1, 0.15) is 12.4 Å². The topological polar surface area (TPSA) is 63.5 Å². The van der Waals surface area contributed by atoms with Gasteiger partial charge in [-0.1, -0.05) is 41.4 Å². The van der Waals surface area contributed by atoms with E-state index in [2.05, 4.69) is 10.6 Å². The summed E-state index contributed by atoms with van der Waals surface area (Å²) in [7, 11) is 0. The molecule has 7 heteroatoms. The van der Waals surface area contributed by atoms with E-state index in [1.54, 1.807) is 24.5 Å². The molecule has 2 amide bonds. The van der Waals surface area contributed by atoms with Gasteiger partial charge in [-0.25, -0.2) is 4.79 Å². The van der Waals surface area contributed by atoms with E-state index in [4.69, 9.17) is 32.4 Å². The Kier molecular flexibility index (Phi) is 6.76. The maximum absolute atomic E-state index is 12.1. The highest BCUT2D eigenvalue weighted by molar-refractivity contribution is 6.35. The van der Waals surface area contributed by atoms with Gasteiger partial charge >= 0.3 is 6.03 Å². The molecule has 0 fully saturated rings. The molecule has 27 heavy (non-hydrogen) atoms. The Morgan fingerprint density at radius 1 is 1.04 bits per heavy atom. The Bertz CT molecular complexity index is 898. The normalized spacial score (nSPS) is 10.6. The summed E-state index contributed by atoms with van der Waals surface area (Å²) in [5.41, 5.74) is 2.41. The lowest BCUT2D eigenvalue weighted by molar-refractivity contribution is 0.0930. The SMILES string of the molecule is O=C(NCc1ccc(Cl)cc1Cl)Nc1cccc(COCc2ccco2)c1. The fourth-order valence-corrected chi connectivity index (χ4v) is 2.89. The number of halogens is 2. The summed E-state index contributed by atoms with van der Waals surface area (Å²) in [6, 6.07) is 16.0. The molecule has 0 aliphatic carbocycles. The Morgan fingerprint density at radius 2 is 1.93 bits per heavy atom. The lowest BCUT2D eigenvalue weighted by Gasteiger charge is -2.10. The second-order valence-electron chi connectivity index (χ2n) is 5.82. The van der Waals surface area contributed by atoms with Gasteiger partial charge in [-0.05, 0) is 47.5 Å². The van der Waals surface area contributed by atoms with E-state index in [9.17, 15) is 4.79 Å². The Labute approximate surface area is 167 Å². The van der Waals surface area contributed by atoms with Crippen LogP contribution < -0.4 is 10.6 Å². The van der Waals surface area contributed by atoms with Crippen LogP contribution in [0.4, 0.5) is 10.5 Å². The van der Waals surface area contributed by atoms with Gasteiger partial charge < -0.3 is 19.8 Å². The number of urea groups is 1. The van der Waals surface area contributed by atoms with Gasteiger partial charge in [-0.15, -0.1) is 0 Å². The molecule has 3 aromatic rings. The summed E-state index contributed by atoms with van der Waals surface area (Å²) in [5.74, 6) is 0.768. The fraction of sp³-hybridized carbons (Fsp3) is 0.150. The molecule has 1 heterocycles. The van der Waals surface area contributed by atoms with Crippen LogP contribution in [0.3, 0.4) is 0 Å². The van der Waals surface area contributed by atoms with Crippen molar-refractivity contribution in [1.29, 1.82) is 0 Å². The van der Waals surface area contributed by atoms with E-state index in [0.29, 0.717) is 35.5 Å². The highest BCUT2D eigenvalue weighted by Crippen LogP contribution is 2.20. The van der Waals surface area contributed by atoms with Gasteiger partial charge in [0, 0.05) is 22.3 Å². The average Bonchev–Trinajstić information content (AvgIpc) is 3.15. The van der Waals surface area contributed by atoms with Crippen LogP contribution in [0, 0.1) is 0 Å². The van der Waals surface area contributed by atoms with Crippen molar-refractivity contribution < 1.29 is 13.9 Å². The number of nitrogens with one attached hydrogen (secondary N) is 2. The molecule has 1 aromatic heterocycles. The van der Waals surface area contributed by atoms with Crippen LogP contribution in [-0.4, -0.2) is 6.03 Å². The lowest BCUT2D eigenvalue weighted by Crippen LogP contribution is -2.28. The van der Waals surface area contributed by atoms with Crippen LogP contribution in [0.2, 0.25) is 10.0 Å². The number of ether oxygens (including phenoxy) is 1. The van der Waals surface area contributed by atoms with Gasteiger partial charge in [0.2, 0.25) is 0 Å². The summed E-state index contributed by atoms with van der Waals surface area (Å²) in [6.45, 7) is 1.11. The van der Waals surface area contributed by atoms with E-state index in [0.717, 1.165) is 16.9 Å². The minimum atomic E-state index is -0.324. The maximum atomic E-state index is 12.1. The van der Waals surface area contributed by atoms with Crippen molar-refractivity contribution in [2.75, 3.05) is 5.32 Å². The van der Waals surface area contributed by atoms with E-state index in [1.165, 1.54) is 0 Å². The van der Waals surface area contributed by atoms with Gasteiger partial charge in [0.25, 0.3) is 0 Å². The highest BCUT2D eigenvalue weighted by atomic mass is 35.5. The van der Waals surface area contributed by atoms with Crippen molar-refractivity contribution >= 4 is 34.9 Å². The van der Waals surface area contributed by atoms with Crippen LogP contribution in [0.5, 0.6) is 0 Å². The minimum Gasteiger partial charge on any atom is -0.467 e. The van der Waals surface area contributed by atoms with Crippen LogP contribution in [-0.2, 0) is 24.5 Å². The molecule has 2 aromatic carbocycles. The van der Waals surface area contributed by atoms with Gasteiger partial charge in [-0.3, -0.25) is 0 Å². The second kappa shape index (κ2) is 9.46. The summed E-state index contributed by atoms with van der Waals surface area (Å²) in [5, 5.41) is 6.63. The minimum absolute atomic E-state index is 0.299. The molecule has 5 nitrogen and oxygen atoms in total. The first-order valence-corrected chi connectivity index (χ1v) is 9.03. The first-order chi connectivity index (χ1) is 13.1. The van der Waals surface area contributed by atoms with Crippen molar-refractivity contribution in [1.82, 2.24) is 5.32 Å². The molecule has 0 atom stereocenters. The number of rotatable bonds is 7. The van der Waals surface area contributed by atoms with E-state index >= 15 is 0 Å². The number of benzene rings is 2. The predicted octanol–water partition coefficient (Wildman–Crippen LogP) is 5.62. The largest absolute Gasteiger partial charge is 0.467 e. The number of furan rings is 1. The molecule has 0 saturated carbocycles. The molecule has 0 spiro atoms. The molecule has 140 valence electrons. The third kappa shape index (κ3) is 6.03. The van der Waals surface area contributed by atoms with E-state index in [1.807, 2.05) is 36.4 Å². The number of carbonyl (C=O) groups is 1. The van der Waals surface area contributed by atoms with Crippen LogP contribution in [0.15, 0.2) is 65.3 Å². The Hall–Kier alpha value is -2.47. The first kappa shape index (κ1) is 19.3. The van der Waals surface area contributed by atoms with Crippen LogP contribution >= 0.6 is 23.2 Å². The molecule has 2 N–H and O–H groups in total. The number of anilines is 1. The summed E-state index contributed by atoms with van der Waals surface area (Å²) in [6.07, 6.45) is 1.61. The van der Waals surface area contributed by atoms with Crippen LogP contribution in [0.1, 0.15) is 16.9 Å². The number of amides is 2. The molecule has 0 saturated heterocycles. The standard InChI is InChI=1S/C20H18Cl2N2O3/c21-16-7-6-15(19(22)10-16)11-23-20(25)24-17-4-1-3-14(9-17)12-26-13-18-5-2-8-27-18/h1-10H,11-13H2,(H2,23,24,25). The third-order valence-electron chi connectivity index (χ3n) is 3.73. The fourth-order valence-electron chi connectivity index (χ4n) is 2.42. The average molecular weight is 405 g/mol. The third-order valence-corrected chi connectivity index (χ3v) is 4.32. The second-order valence-corrected chi connectivity index (χ2v) is 6.66. The summed E-state index contributed by atoms with van der Waals surface area (Å²) < 4.78 is 10.8. The number of hydrogen-bond donors (Lipinski definition) is 2. The van der Waals surface area contributed by atoms with Gasteiger partial charge in [0.15, 0.2) is 0 Å². The molecule has 0 aliphatic rings. The summed E-state index contributed by atoms with van der Waals surface area (Å²) in [4.78, 5) is 12.1. The summed E-state index contributed by atoms with van der Waals surface area (Å²) >= 11 is 12.0. The molecule has 0 radical (unpaired) electrons. The monoisotopic (exact) mass is 404 g/mol. The maximum Gasteiger partial charge on any atom is 0.319 e. The number of carbonyl (C=O) groups excluding carboxylic acids is 1. The smallest absolute Gasteiger partial charge is 0.319 e. The van der Waals surface area contributed by atoms with E-state index < -0.39 is 0 Å². The van der Waals surface area contributed by atoms with Crippen molar-refractivity contribution in [3.8, 4) is 0 Å². The highest BCUT2D eigenvalue weighted by Gasteiger charge is 2.06. The predicted molar refractivity (Wildman–Crippen MR) is 106 cm³/mol. The van der Waals surface area contributed by atoms with Gasteiger partial charge in [-0.2, -0.15) is 0 Å². The molecular formula is C20H18Cl2N2O3. The van der Waals surface area contributed by atoms with Crippen molar-refractivity contribution in [3.05, 3.63) is 87.8 Å². The van der Waals surface area contributed by atoms with Crippen molar-refractivity contribution in [2.45, 2.75) is 19.8 Å². The Balaban J connectivity index is 1.48. The zero-order valence-corrected chi connectivity index (χ0v) is 15.9. The molecule has 0 unspecified atom stereocenters. The Morgan fingerprint density at radius 3 is 2.70 bits per heavy atom. The lowest BCUT2D eigenvalue weighted by atomic mass is 10.2. The zero-order valence-electron chi connectivity index (χ0n) is 14.4. The quantitative estimate of drug-likeness (QED) is 0.536. The zero-order chi connectivity index (χ0) is 19.1. The van der Waals surface area contributed by atoms with Crippen molar-refractivity contribution in [2.24, 2.45) is 0 Å². The number of hydrogen-bond acceptors (Lipinski definition) is 3. The van der Waals surface area contributed by atoms with Gasteiger partial charge in [0.05, 0.1) is 12.9 Å². The molecule has 0 bridgehead atoms. The molecule has 3 rings (SSSR count). The van der Waals surface area contributed by atoms with Crippen molar-refractivity contribution in [3.63, 3.8) is 0 Å². The molecule has 0 aliphatic heterocycles. The first-order valence-electron chi connectivity index (χ1n) is 8.28.